The zero-order valence-electron chi connectivity index (χ0n) is 15.6. The third-order valence-electron chi connectivity index (χ3n) is 4.06. The van der Waals surface area contributed by atoms with Gasteiger partial charge in [0.1, 0.15) is 9.71 Å². The van der Waals surface area contributed by atoms with Crippen molar-refractivity contribution >= 4 is 54.9 Å². The lowest BCUT2D eigenvalue weighted by atomic mass is 10.1. The summed E-state index contributed by atoms with van der Waals surface area (Å²) in [5, 5.41) is 0.866. The van der Waals surface area contributed by atoms with Gasteiger partial charge in [0.05, 0.1) is 10.4 Å². The molecule has 0 amide bonds. The fourth-order valence-corrected chi connectivity index (χ4v) is 4.87. The zero-order chi connectivity index (χ0) is 19.9. The number of aromatic amines is 1. The van der Waals surface area contributed by atoms with Crippen LogP contribution in [0, 0.1) is 13.8 Å². The van der Waals surface area contributed by atoms with Gasteiger partial charge in [-0.1, -0.05) is 11.3 Å². The Morgan fingerprint density at radius 1 is 1.22 bits per heavy atom. The highest BCUT2D eigenvalue weighted by Crippen LogP contribution is 2.34. The predicted octanol–water partition coefficient (Wildman–Crippen LogP) is 3.61. The van der Waals surface area contributed by atoms with E-state index in [9.17, 15) is 14.4 Å². The molecule has 7 nitrogen and oxygen atoms in total. The Balaban J connectivity index is 1.70. The van der Waals surface area contributed by atoms with Gasteiger partial charge in [0.25, 0.3) is 0 Å². The van der Waals surface area contributed by atoms with Crippen LogP contribution in [-0.4, -0.2) is 48.2 Å². The lowest BCUT2D eigenvalue weighted by Crippen LogP contribution is -2.15. The van der Waals surface area contributed by atoms with Gasteiger partial charge in [-0.15, -0.1) is 11.3 Å². The summed E-state index contributed by atoms with van der Waals surface area (Å²) >= 11 is 2.73. The number of fused-ring (bicyclic) bond motifs is 1. The van der Waals surface area contributed by atoms with Crippen molar-refractivity contribution in [3.05, 3.63) is 33.5 Å². The van der Waals surface area contributed by atoms with Crippen LogP contribution in [-0.2, 0) is 4.74 Å². The highest BCUT2D eigenvalue weighted by Gasteiger charge is 2.22. The van der Waals surface area contributed by atoms with Crippen LogP contribution in [0.15, 0.2) is 6.07 Å². The zero-order valence-corrected chi connectivity index (χ0v) is 17.3. The van der Waals surface area contributed by atoms with Gasteiger partial charge in [-0.25, -0.2) is 9.78 Å². The number of hydrogen-bond acceptors (Lipinski definition) is 8. The first-order valence-corrected chi connectivity index (χ1v) is 9.80. The molecular formula is C18H19N3O4S2. The number of anilines is 1. The lowest BCUT2D eigenvalue weighted by Gasteiger charge is -2.05. The van der Waals surface area contributed by atoms with E-state index in [4.69, 9.17) is 4.74 Å². The molecule has 0 aromatic carbocycles. The van der Waals surface area contributed by atoms with Gasteiger partial charge in [-0.2, -0.15) is 0 Å². The van der Waals surface area contributed by atoms with Gasteiger partial charge in [0, 0.05) is 25.4 Å². The second-order valence-electron chi connectivity index (χ2n) is 6.35. The molecule has 0 saturated heterocycles. The first kappa shape index (κ1) is 19.2. The molecule has 0 atom stereocenters. The monoisotopic (exact) mass is 405 g/mol. The van der Waals surface area contributed by atoms with E-state index in [-0.39, 0.29) is 18.2 Å². The Hall–Kier alpha value is -2.52. The van der Waals surface area contributed by atoms with Crippen LogP contribution in [0.1, 0.15) is 48.7 Å². The maximum Gasteiger partial charge on any atom is 0.348 e. The molecule has 0 saturated carbocycles. The second-order valence-corrected chi connectivity index (χ2v) is 8.39. The molecule has 27 heavy (non-hydrogen) atoms. The molecule has 3 aromatic rings. The van der Waals surface area contributed by atoms with Crippen LogP contribution in [0.2, 0.25) is 0 Å². The predicted molar refractivity (Wildman–Crippen MR) is 107 cm³/mol. The van der Waals surface area contributed by atoms with Crippen LogP contribution >= 0.6 is 22.7 Å². The van der Waals surface area contributed by atoms with E-state index < -0.39 is 5.97 Å². The van der Waals surface area contributed by atoms with Crippen molar-refractivity contribution in [3.63, 3.8) is 0 Å². The van der Waals surface area contributed by atoms with Gasteiger partial charge >= 0.3 is 5.97 Å². The Labute approximate surface area is 164 Å². The standard InChI is InChI=1S/C18H19N3O4S2/c1-8-14(10(3)22)9(2)19-15(8)11(23)7-25-17(24)13-6-12-16(26-13)20-18(27-12)21(4)5/h6,19H,7H2,1-5H3. The molecule has 3 heterocycles. The van der Waals surface area contributed by atoms with Crippen LogP contribution < -0.4 is 4.90 Å². The number of esters is 1. The van der Waals surface area contributed by atoms with Gasteiger partial charge in [0.2, 0.25) is 5.78 Å². The average Bonchev–Trinajstić information content (AvgIpc) is 3.23. The number of Topliss-reactive ketones (excluding diaryl/α,β-unsaturated/α-hetero) is 2. The Morgan fingerprint density at radius 2 is 1.93 bits per heavy atom. The number of ether oxygens (including phenoxy) is 1. The van der Waals surface area contributed by atoms with Crippen LogP contribution in [0.25, 0.3) is 9.53 Å². The summed E-state index contributed by atoms with van der Waals surface area (Å²) in [5.74, 6) is -1.04. The van der Waals surface area contributed by atoms with Gasteiger partial charge in [0.15, 0.2) is 17.5 Å². The van der Waals surface area contributed by atoms with E-state index in [0.717, 1.165) is 14.7 Å². The summed E-state index contributed by atoms with van der Waals surface area (Å²) in [6.45, 7) is 4.51. The minimum Gasteiger partial charge on any atom is -0.453 e. The number of aryl methyl sites for hydroxylation is 1. The number of ketones is 2. The highest BCUT2D eigenvalue weighted by molar-refractivity contribution is 7.29. The number of rotatable bonds is 6. The van der Waals surface area contributed by atoms with Crippen molar-refractivity contribution in [2.75, 3.05) is 25.6 Å². The van der Waals surface area contributed by atoms with E-state index in [1.54, 1.807) is 19.9 Å². The first-order valence-electron chi connectivity index (χ1n) is 8.17. The number of nitrogens with one attached hydrogen (secondary N) is 1. The topological polar surface area (TPSA) is 92.4 Å². The van der Waals surface area contributed by atoms with E-state index in [2.05, 4.69) is 9.97 Å². The number of thiazole rings is 1. The maximum absolute atomic E-state index is 12.4. The Morgan fingerprint density at radius 3 is 2.48 bits per heavy atom. The van der Waals surface area contributed by atoms with Crippen molar-refractivity contribution in [1.82, 2.24) is 9.97 Å². The van der Waals surface area contributed by atoms with Crippen molar-refractivity contribution in [1.29, 1.82) is 0 Å². The molecular weight excluding hydrogens is 386 g/mol. The normalized spacial score (nSPS) is 11.0. The fraction of sp³-hybridized carbons (Fsp3) is 0.333. The number of carbonyl (C=O) groups is 3. The number of nitrogens with zero attached hydrogens (tertiary/aromatic N) is 2. The molecule has 3 rings (SSSR count). The summed E-state index contributed by atoms with van der Waals surface area (Å²) in [7, 11) is 3.82. The van der Waals surface area contributed by atoms with Crippen molar-refractivity contribution < 1.29 is 19.1 Å². The summed E-state index contributed by atoms with van der Waals surface area (Å²) in [6, 6.07) is 1.73. The molecule has 3 aromatic heterocycles. The molecule has 0 unspecified atom stereocenters. The minimum atomic E-state index is -0.558. The molecule has 0 aliphatic rings. The minimum absolute atomic E-state index is 0.111. The van der Waals surface area contributed by atoms with Gasteiger partial charge in [-0.3, -0.25) is 9.59 Å². The molecule has 1 N–H and O–H groups in total. The number of carbonyl (C=O) groups excluding carboxylic acids is 3. The van der Waals surface area contributed by atoms with Crippen molar-refractivity contribution in [2.45, 2.75) is 20.8 Å². The van der Waals surface area contributed by atoms with Crippen LogP contribution in [0.3, 0.4) is 0 Å². The van der Waals surface area contributed by atoms with Crippen LogP contribution in [0.4, 0.5) is 5.13 Å². The van der Waals surface area contributed by atoms with E-state index in [1.165, 1.54) is 29.6 Å². The smallest absolute Gasteiger partial charge is 0.348 e. The van der Waals surface area contributed by atoms with Crippen molar-refractivity contribution in [3.8, 4) is 0 Å². The third-order valence-corrected chi connectivity index (χ3v) is 6.37. The first-order chi connectivity index (χ1) is 12.7. The van der Waals surface area contributed by atoms with Gasteiger partial charge < -0.3 is 14.6 Å². The molecule has 142 valence electrons. The number of aromatic nitrogens is 2. The van der Waals surface area contributed by atoms with Gasteiger partial charge in [-0.05, 0) is 32.4 Å². The van der Waals surface area contributed by atoms with E-state index in [1.807, 2.05) is 19.0 Å². The average molecular weight is 406 g/mol. The van der Waals surface area contributed by atoms with Crippen molar-refractivity contribution in [2.24, 2.45) is 0 Å². The number of thiophene rings is 1. The number of H-pyrrole nitrogens is 1. The maximum atomic E-state index is 12.4. The molecule has 0 aliphatic heterocycles. The SMILES string of the molecule is CC(=O)c1c(C)[nH]c(C(=O)COC(=O)c2cc3sc(N(C)C)nc3s2)c1C. The molecule has 0 fully saturated rings. The summed E-state index contributed by atoms with van der Waals surface area (Å²) < 4.78 is 6.08. The molecule has 0 spiro atoms. The largest absolute Gasteiger partial charge is 0.453 e. The number of hydrogen-bond donors (Lipinski definition) is 1. The van der Waals surface area contributed by atoms with Crippen LogP contribution in [0.5, 0.6) is 0 Å². The summed E-state index contributed by atoms with van der Waals surface area (Å²) in [4.78, 5) is 46.8. The Bertz CT molecular complexity index is 1030. The van der Waals surface area contributed by atoms with E-state index >= 15 is 0 Å². The van der Waals surface area contributed by atoms with E-state index in [0.29, 0.717) is 27.4 Å². The molecule has 0 aliphatic carbocycles. The fourth-order valence-electron chi connectivity index (χ4n) is 2.85. The summed E-state index contributed by atoms with van der Waals surface area (Å²) in [6.07, 6.45) is 0. The quantitative estimate of drug-likeness (QED) is 0.497. The second kappa shape index (κ2) is 7.24. The third kappa shape index (κ3) is 3.65. The Kier molecular flexibility index (Phi) is 5.16. The summed E-state index contributed by atoms with van der Waals surface area (Å²) in [5.41, 5.74) is 2.02. The molecule has 9 heteroatoms. The highest BCUT2D eigenvalue weighted by atomic mass is 32.1. The molecule has 0 bridgehead atoms. The lowest BCUT2D eigenvalue weighted by molar-refractivity contribution is 0.0478. The molecule has 0 radical (unpaired) electrons.